The van der Waals surface area contributed by atoms with Gasteiger partial charge in [-0.05, 0) is 35.7 Å². The summed E-state index contributed by atoms with van der Waals surface area (Å²) in [5, 5.41) is 5.09. The zero-order chi connectivity index (χ0) is 11.8. The van der Waals surface area contributed by atoms with E-state index in [-0.39, 0.29) is 0 Å². The van der Waals surface area contributed by atoms with Crippen molar-refractivity contribution in [1.29, 1.82) is 0 Å². The molecule has 0 fully saturated rings. The molecule has 3 heterocycles. The van der Waals surface area contributed by atoms with Gasteiger partial charge >= 0.3 is 0 Å². The average Bonchev–Trinajstić information content (AvgIpc) is 2.95. The van der Waals surface area contributed by atoms with E-state index in [1.807, 2.05) is 42.6 Å². The summed E-state index contributed by atoms with van der Waals surface area (Å²) >= 11 is 1.55. The van der Waals surface area contributed by atoms with Crippen molar-refractivity contribution in [3.63, 3.8) is 0 Å². The van der Waals surface area contributed by atoms with Crippen LogP contribution in [0.1, 0.15) is 5.69 Å². The van der Waals surface area contributed by atoms with Crippen LogP contribution in [0, 0.1) is 11.8 Å². The summed E-state index contributed by atoms with van der Waals surface area (Å²) in [5.74, 6) is 0.376. The smallest absolute Gasteiger partial charge is 0.210 e. The van der Waals surface area contributed by atoms with Crippen molar-refractivity contribution in [1.82, 2.24) is 9.38 Å². The third-order valence-electron chi connectivity index (χ3n) is 2.66. The van der Waals surface area contributed by atoms with E-state index < -0.39 is 0 Å². The lowest BCUT2D eigenvalue weighted by atomic mass is 10.3. The van der Waals surface area contributed by atoms with Gasteiger partial charge < -0.3 is 0 Å². The number of hydrogen-bond acceptors (Lipinski definition) is 4. The summed E-state index contributed by atoms with van der Waals surface area (Å²) in [7, 11) is 0. The molecule has 3 aromatic heterocycles. The maximum atomic E-state index is 11.0. The molecule has 0 aromatic carbocycles. The van der Waals surface area contributed by atoms with E-state index in [9.17, 15) is 4.91 Å². The summed E-state index contributed by atoms with van der Waals surface area (Å²) < 4.78 is 1.78. The van der Waals surface area contributed by atoms with Gasteiger partial charge in [-0.2, -0.15) is 0 Å². The van der Waals surface area contributed by atoms with Crippen LogP contribution in [0.2, 0.25) is 0 Å². The van der Waals surface area contributed by atoms with E-state index >= 15 is 0 Å². The van der Waals surface area contributed by atoms with E-state index in [0.717, 1.165) is 16.2 Å². The van der Waals surface area contributed by atoms with E-state index in [0.29, 0.717) is 11.5 Å². The van der Waals surface area contributed by atoms with E-state index in [1.165, 1.54) is 0 Å². The van der Waals surface area contributed by atoms with Crippen LogP contribution in [0.3, 0.4) is 0 Å². The van der Waals surface area contributed by atoms with Crippen LogP contribution < -0.4 is 0 Å². The molecule has 0 saturated heterocycles. The number of aromatic nitrogens is 2. The first-order chi connectivity index (χ1) is 8.31. The first-order valence-electron chi connectivity index (χ1n) is 5.16. The minimum Gasteiger partial charge on any atom is -0.278 e. The third kappa shape index (κ3) is 1.47. The summed E-state index contributed by atoms with van der Waals surface area (Å²) in [4.78, 5) is 16.5. The number of aryl methyl sites for hydroxylation is 1. The maximum absolute atomic E-state index is 11.0. The van der Waals surface area contributed by atoms with E-state index in [4.69, 9.17) is 0 Å². The second-order valence-electron chi connectivity index (χ2n) is 3.71. The Morgan fingerprint density at radius 3 is 2.88 bits per heavy atom. The fourth-order valence-electron chi connectivity index (χ4n) is 1.90. The number of pyridine rings is 1. The molecule has 4 nitrogen and oxygen atoms in total. The SMILES string of the molecule is Cc1cccc2nc(-c3cccs3)c(N=O)n12. The van der Waals surface area contributed by atoms with Crippen molar-refractivity contribution in [2.75, 3.05) is 0 Å². The lowest BCUT2D eigenvalue weighted by Crippen LogP contribution is -1.88. The molecular weight excluding hydrogens is 234 g/mol. The highest BCUT2D eigenvalue weighted by Gasteiger charge is 2.16. The Hall–Kier alpha value is -2.01. The van der Waals surface area contributed by atoms with Crippen LogP contribution >= 0.6 is 11.3 Å². The number of rotatable bonds is 2. The molecule has 0 aliphatic rings. The van der Waals surface area contributed by atoms with Crippen LogP contribution in [0.5, 0.6) is 0 Å². The lowest BCUT2D eigenvalue weighted by molar-refractivity contribution is 1.08. The van der Waals surface area contributed by atoms with Crippen LogP contribution in [0.15, 0.2) is 40.9 Å². The van der Waals surface area contributed by atoms with Gasteiger partial charge in [-0.15, -0.1) is 16.2 Å². The predicted octanol–water partition coefficient (Wildman–Crippen LogP) is 3.77. The van der Waals surface area contributed by atoms with Crippen molar-refractivity contribution < 1.29 is 0 Å². The monoisotopic (exact) mass is 243 g/mol. The van der Waals surface area contributed by atoms with Gasteiger partial charge in [0.05, 0.1) is 4.88 Å². The van der Waals surface area contributed by atoms with Gasteiger partial charge in [0.1, 0.15) is 11.3 Å². The zero-order valence-electron chi connectivity index (χ0n) is 9.12. The van der Waals surface area contributed by atoms with Gasteiger partial charge in [0.15, 0.2) is 0 Å². The number of hydrogen-bond donors (Lipinski definition) is 0. The molecule has 3 rings (SSSR count). The van der Waals surface area contributed by atoms with Crippen molar-refractivity contribution in [2.45, 2.75) is 6.92 Å². The van der Waals surface area contributed by atoms with E-state index in [1.54, 1.807) is 15.7 Å². The summed E-state index contributed by atoms with van der Waals surface area (Å²) in [5.41, 5.74) is 2.36. The first-order valence-corrected chi connectivity index (χ1v) is 6.04. The highest BCUT2D eigenvalue weighted by Crippen LogP contribution is 2.34. The Bertz CT molecular complexity index is 685. The van der Waals surface area contributed by atoms with Gasteiger partial charge in [0.25, 0.3) is 0 Å². The molecule has 17 heavy (non-hydrogen) atoms. The summed E-state index contributed by atoms with van der Waals surface area (Å²) in [6.45, 7) is 1.93. The van der Waals surface area contributed by atoms with Crippen molar-refractivity contribution in [2.24, 2.45) is 5.18 Å². The third-order valence-corrected chi connectivity index (χ3v) is 3.53. The number of imidazole rings is 1. The second-order valence-corrected chi connectivity index (χ2v) is 4.66. The van der Waals surface area contributed by atoms with Crippen LogP contribution in [-0.4, -0.2) is 9.38 Å². The Labute approximate surface area is 102 Å². The summed E-state index contributed by atoms with van der Waals surface area (Å²) in [6.07, 6.45) is 0. The molecule has 0 aliphatic carbocycles. The summed E-state index contributed by atoms with van der Waals surface area (Å²) in [6, 6.07) is 9.60. The fourth-order valence-corrected chi connectivity index (χ4v) is 2.61. The molecule has 0 unspecified atom stereocenters. The van der Waals surface area contributed by atoms with Gasteiger partial charge in [-0.25, -0.2) is 4.98 Å². The maximum Gasteiger partial charge on any atom is 0.210 e. The molecular formula is C12H9N3OS. The number of fused-ring (bicyclic) bond motifs is 1. The topological polar surface area (TPSA) is 46.7 Å². The van der Waals surface area contributed by atoms with Crippen LogP contribution in [-0.2, 0) is 0 Å². The molecule has 84 valence electrons. The highest BCUT2D eigenvalue weighted by atomic mass is 32.1. The molecule has 3 aromatic rings. The molecule has 0 N–H and O–H groups in total. The van der Waals surface area contributed by atoms with Crippen molar-refractivity contribution in [3.8, 4) is 10.6 Å². The Morgan fingerprint density at radius 1 is 1.29 bits per heavy atom. The minimum atomic E-state index is 0.376. The quantitative estimate of drug-likeness (QED) is 0.643. The lowest BCUT2D eigenvalue weighted by Gasteiger charge is -1.98. The first kappa shape index (κ1) is 10.2. The number of nitrogens with zero attached hydrogens (tertiary/aromatic N) is 3. The number of nitroso groups, excluding NO2 is 1. The highest BCUT2D eigenvalue weighted by molar-refractivity contribution is 7.13. The molecule has 0 bridgehead atoms. The van der Waals surface area contributed by atoms with Crippen molar-refractivity contribution in [3.05, 3.63) is 46.3 Å². The minimum absolute atomic E-state index is 0.376. The van der Waals surface area contributed by atoms with Gasteiger partial charge in [0, 0.05) is 5.69 Å². The van der Waals surface area contributed by atoms with E-state index in [2.05, 4.69) is 10.2 Å². The average molecular weight is 243 g/mol. The predicted molar refractivity (Wildman–Crippen MR) is 68.7 cm³/mol. The van der Waals surface area contributed by atoms with Crippen LogP contribution in [0.4, 0.5) is 5.82 Å². The molecule has 0 saturated carbocycles. The standard InChI is InChI=1S/C12H9N3OS/c1-8-4-2-6-10-13-11(9-5-3-7-17-9)12(14-16)15(8)10/h2-7H,1H3. The molecule has 0 aliphatic heterocycles. The Balaban J connectivity index is 2.41. The van der Waals surface area contributed by atoms with Crippen molar-refractivity contribution >= 4 is 22.8 Å². The zero-order valence-corrected chi connectivity index (χ0v) is 9.94. The fraction of sp³-hybridized carbons (Fsp3) is 0.0833. The van der Waals surface area contributed by atoms with Gasteiger partial charge in [-0.1, -0.05) is 12.1 Å². The molecule has 0 radical (unpaired) electrons. The Kier molecular flexibility index (Phi) is 2.26. The second kappa shape index (κ2) is 3.78. The normalized spacial score (nSPS) is 10.9. The largest absolute Gasteiger partial charge is 0.278 e. The molecule has 0 spiro atoms. The van der Waals surface area contributed by atoms with Crippen LogP contribution in [0.25, 0.3) is 16.2 Å². The molecule has 0 amide bonds. The van der Waals surface area contributed by atoms with Gasteiger partial charge in [0.2, 0.25) is 5.82 Å². The Morgan fingerprint density at radius 2 is 2.18 bits per heavy atom. The van der Waals surface area contributed by atoms with Gasteiger partial charge in [-0.3, -0.25) is 4.40 Å². The number of thiophene rings is 1. The molecule has 5 heteroatoms. The molecule has 0 atom stereocenters.